The van der Waals surface area contributed by atoms with E-state index in [1.54, 1.807) is 24.4 Å². The molecular weight excluding hydrogens is 389 g/mol. The molecule has 3 aromatic rings. The number of carbonyl (C=O) groups is 1. The van der Waals surface area contributed by atoms with Crippen molar-refractivity contribution in [2.75, 3.05) is 12.4 Å². The van der Waals surface area contributed by atoms with Gasteiger partial charge in [0.05, 0.1) is 17.7 Å². The first-order valence-corrected chi connectivity index (χ1v) is 8.65. The molecular formula is C19H15Cl2N3O3. The highest BCUT2D eigenvalue weighted by Crippen LogP contribution is 2.29. The Kier molecular flexibility index (Phi) is 6.36. The third kappa shape index (κ3) is 4.81. The summed E-state index contributed by atoms with van der Waals surface area (Å²) in [6, 6.07) is 10.6. The van der Waals surface area contributed by atoms with Gasteiger partial charge in [-0.2, -0.15) is 0 Å². The summed E-state index contributed by atoms with van der Waals surface area (Å²) in [6.45, 7) is 0.301. The van der Waals surface area contributed by atoms with E-state index in [4.69, 9.17) is 28.1 Å². The van der Waals surface area contributed by atoms with Gasteiger partial charge < -0.3 is 5.32 Å². The van der Waals surface area contributed by atoms with Crippen molar-refractivity contribution in [1.29, 1.82) is 0 Å². The van der Waals surface area contributed by atoms with Crippen molar-refractivity contribution < 1.29 is 14.6 Å². The first-order valence-electron chi connectivity index (χ1n) is 7.90. The van der Waals surface area contributed by atoms with E-state index in [2.05, 4.69) is 20.2 Å². The molecule has 0 aliphatic rings. The maximum atomic E-state index is 12.3. The molecule has 0 aliphatic heterocycles. The molecule has 27 heavy (non-hydrogen) atoms. The Labute approximate surface area is 166 Å². The van der Waals surface area contributed by atoms with Gasteiger partial charge in [0.15, 0.2) is 0 Å². The zero-order valence-corrected chi connectivity index (χ0v) is 15.8. The summed E-state index contributed by atoms with van der Waals surface area (Å²) in [4.78, 5) is 30.0. The van der Waals surface area contributed by atoms with Crippen LogP contribution in [0.4, 0.5) is 5.82 Å². The molecule has 6 nitrogen and oxygen atoms in total. The number of hydrogen-bond acceptors (Lipinski definition) is 5. The van der Waals surface area contributed by atoms with Crippen LogP contribution in [-0.2, 0) is 16.4 Å². The zero-order valence-electron chi connectivity index (χ0n) is 14.3. The van der Waals surface area contributed by atoms with Crippen molar-refractivity contribution >= 4 is 34.9 Å². The molecule has 1 amide bonds. The van der Waals surface area contributed by atoms with Crippen LogP contribution < -0.4 is 5.32 Å². The molecule has 8 heteroatoms. The molecule has 2 heterocycles. The van der Waals surface area contributed by atoms with Crippen LogP contribution in [0.3, 0.4) is 0 Å². The van der Waals surface area contributed by atoms with Crippen LogP contribution in [0, 0.1) is 0 Å². The summed E-state index contributed by atoms with van der Waals surface area (Å²) in [7, 11) is 1.45. The second-order valence-electron chi connectivity index (χ2n) is 5.48. The highest BCUT2D eigenvalue weighted by Gasteiger charge is 2.12. The van der Waals surface area contributed by atoms with Gasteiger partial charge in [-0.3, -0.25) is 9.78 Å². The van der Waals surface area contributed by atoms with Gasteiger partial charge in [-0.25, -0.2) is 14.8 Å². The van der Waals surface area contributed by atoms with E-state index in [1.165, 1.54) is 19.5 Å². The molecule has 1 aromatic carbocycles. The maximum Gasteiger partial charge on any atom is 0.258 e. The van der Waals surface area contributed by atoms with Crippen LogP contribution >= 0.6 is 23.2 Å². The second kappa shape index (κ2) is 8.92. The summed E-state index contributed by atoms with van der Waals surface area (Å²) >= 11 is 12.3. The summed E-state index contributed by atoms with van der Waals surface area (Å²) in [5.74, 6) is 0.0333. The summed E-state index contributed by atoms with van der Waals surface area (Å²) in [5.41, 5.74) is 2.84. The minimum absolute atomic E-state index is 0.272. The summed E-state index contributed by atoms with van der Waals surface area (Å²) < 4.78 is 0. The smallest absolute Gasteiger partial charge is 0.258 e. The normalized spacial score (nSPS) is 10.6. The van der Waals surface area contributed by atoms with Gasteiger partial charge >= 0.3 is 0 Å². The van der Waals surface area contributed by atoms with Crippen LogP contribution in [0.25, 0.3) is 11.1 Å². The predicted octanol–water partition coefficient (Wildman–Crippen LogP) is 4.78. The van der Waals surface area contributed by atoms with Gasteiger partial charge in [0, 0.05) is 34.7 Å². The highest BCUT2D eigenvalue weighted by molar-refractivity contribution is 6.34. The number of nitrogens with one attached hydrogen (secondary N) is 1. The van der Waals surface area contributed by atoms with Gasteiger partial charge in [-0.15, -0.1) is 0 Å². The number of hydrogen-bond donors (Lipinski definition) is 1. The third-order valence-electron chi connectivity index (χ3n) is 3.71. The Morgan fingerprint density at radius 2 is 1.96 bits per heavy atom. The number of aromatic nitrogens is 2. The summed E-state index contributed by atoms with van der Waals surface area (Å²) in [5, 5.41) is 3.55. The standard InChI is InChI=1S/C19H15Cl2N3O3/c1-26-27-11-12-2-4-16(20)15(8-12)13-3-5-18(23-9-13)24-19(25)14-6-7-22-10-17(14)21/h2-10H,11H2,1H3,(H,23,24,25). The Morgan fingerprint density at radius 3 is 2.67 bits per heavy atom. The Bertz CT molecular complexity index is 949. The highest BCUT2D eigenvalue weighted by atomic mass is 35.5. The van der Waals surface area contributed by atoms with Crippen molar-refractivity contribution in [3.8, 4) is 11.1 Å². The molecule has 0 aliphatic carbocycles. The van der Waals surface area contributed by atoms with Crippen LogP contribution in [0.15, 0.2) is 55.0 Å². The van der Waals surface area contributed by atoms with E-state index in [1.807, 2.05) is 18.2 Å². The van der Waals surface area contributed by atoms with Crippen molar-refractivity contribution in [3.05, 3.63) is 76.2 Å². The fraction of sp³-hybridized carbons (Fsp3) is 0.105. The molecule has 0 spiro atoms. The van der Waals surface area contributed by atoms with Crippen LogP contribution in [0.5, 0.6) is 0 Å². The van der Waals surface area contributed by atoms with E-state index in [0.717, 1.165) is 16.7 Å². The van der Waals surface area contributed by atoms with Crippen molar-refractivity contribution in [3.63, 3.8) is 0 Å². The second-order valence-corrected chi connectivity index (χ2v) is 6.30. The Hall–Kier alpha value is -2.51. The molecule has 0 radical (unpaired) electrons. The lowest BCUT2D eigenvalue weighted by molar-refractivity contribution is -0.282. The fourth-order valence-corrected chi connectivity index (χ4v) is 2.81. The molecule has 2 aromatic heterocycles. The van der Waals surface area contributed by atoms with Crippen LogP contribution in [-0.4, -0.2) is 23.0 Å². The monoisotopic (exact) mass is 403 g/mol. The molecule has 0 saturated carbocycles. The van der Waals surface area contributed by atoms with E-state index in [0.29, 0.717) is 23.0 Å². The quantitative estimate of drug-likeness (QED) is 0.473. The van der Waals surface area contributed by atoms with Gasteiger partial charge in [0.25, 0.3) is 5.91 Å². The minimum Gasteiger partial charge on any atom is -0.307 e. The lowest BCUT2D eigenvalue weighted by Crippen LogP contribution is -2.13. The SMILES string of the molecule is COOCc1ccc(Cl)c(-c2ccc(NC(=O)c3ccncc3Cl)nc2)c1. The average Bonchev–Trinajstić information content (AvgIpc) is 2.68. The molecule has 0 saturated heterocycles. The van der Waals surface area contributed by atoms with Crippen molar-refractivity contribution in [2.24, 2.45) is 0 Å². The third-order valence-corrected chi connectivity index (χ3v) is 4.34. The van der Waals surface area contributed by atoms with Gasteiger partial charge in [0.2, 0.25) is 0 Å². The molecule has 1 N–H and O–H groups in total. The number of pyridine rings is 2. The Morgan fingerprint density at radius 1 is 1.11 bits per heavy atom. The zero-order chi connectivity index (χ0) is 19.2. The van der Waals surface area contributed by atoms with E-state index < -0.39 is 0 Å². The van der Waals surface area contributed by atoms with Gasteiger partial charge in [0.1, 0.15) is 12.4 Å². The molecule has 0 fully saturated rings. The number of amides is 1. The van der Waals surface area contributed by atoms with Gasteiger partial charge in [-0.05, 0) is 35.9 Å². The molecule has 0 atom stereocenters. The van der Waals surface area contributed by atoms with E-state index >= 15 is 0 Å². The van der Waals surface area contributed by atoms with Crippen molar-refractivity contribution in [2.45, 2.75) is 6.61 Å². The number of benzene rings is 1. The minimum atomic E-state index is -0.362. The lowest BCUT2D eigenvalue weighted by atomic mass is 10.0. The number of rotatable bonds is 6. The number of nitrogens with zero attached hydrogens (tertiary/aromatic N) is 2. The van der Waals surface area contributed by atoms with E-state index in [9.17, 15) is 4.79 Å². The van der Waals surface area contributed by atoms with E-state index in [-0.39, 0.29) is 10.9 Å². The number of halogens is 2. The lowest BCUT2D eigenvalue weighted by Gasteiger charge is -2.09. The summed E-state index contributed by atoms with van der Waals surface area (Å²) in [6.07, 6.45) is 4.54. The topological polar surface area (TPSA) is 73.3 Å². The predicted molar refractivity (Wildman–Crippen MR) is 104 cm³/mol. The first kappa shape index (κ1) is 19.3. The average molecular weight is 404 g/mol. The fourth-order valence-electron chi connectivity index (χ4n) is 2.38. The van der Waals surface area contributed by atoms with Gasteiger partial charge in [-0.1, -0.05) is 29.3 Å². The maximum absolute atomic E-state index is 12.3. The largest absolute Gasteiger partial charge is 0.307 e. The molecule has 3 rings (SSSR count). The number of anilines is 1. The Balaban J connectivity index is 1.77. The molecule has 0 bridgehead atoms. The molecule has 0 unspecified atom stereocenters. The van der Waals surface area contributed by atoms with Crippen LogP contribution in [0.1, 0.15) is 15.9 Å². The number of carbonyl (C=O) groups excluding carboxylic acids is 1. The van der Waals surface area contributed by atoms with Crippen LogP contribution in [0.2, 0.25) is 10.0 Å². The van der Waals surface area contributed by atoms with Crippen molar-refractivity contribution in [1.82, 2.24) is 9.97 Å². The first-order chi connectivity index (χ1) is 13.1. The molecule has 138 valence electrons.